The van der Waals surface area contributed by atoms with E-state index in [-0.39, 0.29) is 5.75 Å². The number of ether oxygens (including phenoxy) is 1. The van der Waals surface area contributed by atoms with Gasteiger partial charge in [0.2, 0.25) is 0 Å². The van der Waals surface area contributed by atoms with Crippen molar-refractivity contribution in [2.24, 2.45) is 0 Å². The minimum atomic E-state index is 0.189. The second kappa shape index (κ2) is 3.88. The Labute approximate surface area is 83.5 Å². The molecule has 1 aromatic rings. The van der Waals surface area contributed by atoms with Crippen LogP contribution in [0, 0.1) is 0 Å². The molecule has 14 heavy (non-hydrogen) atoms. The molecule has 1 fully saturated rings. The first-order valence-electron chi connectivity index (χ1n) is 4.93. The lowest BCUT2D eigenvalue weighted by Gasteiger charge is -2.22. The number of nitrogen functional groups attached to an aromatic ring is 1. The summed E-state index contributed by atoms with van der Waals surface area (Å²) in [5, 5.41) is 9.47. The van der Waals surface area contributed by atoms with Gasteiger partial charge in [-0.05, 0) is 36.5 Å². The van der Waals surface area contributed by atoms with Crippen LogP contribution in [0.25, 0.3) is 0 Å². The second-order valence-corrected chi connectivity index (χ2v) is 3.70. The van der Waals surface area contributed by atoms with Gasteiger partial charge in [-0.3, -0.25) is 0 Å². The molecule has 0 bridgehead atoms. The second-order valence-electron chi connectivity index (χ2n) is 3.70. The van der Waals surface area contributed by atoms with Crippen LogP contribution in [0.1, 0.15) is 24.3 Å². The number of hydrogen-bond donors (Lipinski definition) is 2. The minimum absolute atomic E-state index is 0.189. The first-order valence-corrected chi connectivity index (χ1v) is 4.93. The number of anilines is 1. The lowest BCUT2D eigenvalue weighted by molar-refractivity contribution is 0.0853. The zero-order valence-electron chi connectivity index (χ0n) is 8.07. The number of nitrogens with two attached hydrogens (primary N) is 1. The number of hydrogen-bond acceptors (Lipinski definition) is 3. The molecule has 0 atom stereocenters. The van der Waals surface area contributed by atoms with Gasteiger partial charge in [-0.15, -0.1) is 0 Å². The third kappa shape index (κ3) is 1.82. The van der Waals surface area contributed by atoms with E-state index in [4.69, 9.17) is 10.5 Å². The van der Waals surface area contributed by atoms with Crippen molar-refractivity contribution in [3.63, 3.8) is 0 Å². The van der Waals surface area contributed by atoms with Gasteiger partial charge in [0.15, 0.2) is 0 Å². The van der Waals surface area contributed by atoms with Gasteiger partial charge in [-0.25, -0.2) is 0 Å². The molecule has 0 aromatic heterocycles. The van der Waals surface area contributed by atoms with Crippen LogP contribution in [0.3, 0.4) is 0 Å². The van der Waals surface area contributed by atoms with Crippen molar-refractivity contribution in [3.05, 3.63) is 23.8 Å². The molecule has 3 heteroatoms. The summed E-state index contributed by atoms with van der Waals surface area (Å²) in [5.41, 5.74) is 7.16. The van der Waals surface area contributed by atoms with E-state index >= 15 is 0 Å². The fourth-order valence-corrected chi connectivity index (χ4v) is 1.85. The summed E-state index contributed by atoms with van der Waals surface area (Å²) >= 11 is 0. The molecule has 0 amide bonds. The average Bonchev–Trinajstić information content (AvgIpc) is 2.23. The Hall–Kier alpha value is -1.22. The SMILES string of the molecule is Nc1ccc(C2CCOCC2)cc1O. The summed E-state index contributed by atoms with van der Waals surface area (Å²) in [7, 11) is 0. The minimum Gasteiger partial charge on any atom is -0.506 e. The van der Waals surface area contributed by atoms with Crippen LogP contribution in [0.2, 0.25) is 0 Å². The first kappa shape index (κ1) is 9.34. The van der Waals surface area contributed by atoms with Crippen molar-refractivity contribution in [2.45, 2.75) is 18.8 Å². The molecule has 2 rings (SSSR count). The van der Waals surface area contributed by atoms with Gasteiger partial charge in [0.05, 0.1) is 5.69 Å². The van der Waals surface area contributed by atoms with Crippen molar-refractivity contribution in [3.8, 4) is 5.75 Å². The van der Waals surface area contributed by atoms with Gasteiger partial charge in [-0.2, -0.15) is 0 Å². The highest BCUT2D eigenvalue weighted by molar-refractivity contribution is 5.53. The molecule has 0 saturated carbocycles. The summed E-state index contributed by atoms with van der Waals surface area (Å²) < 4.78 is 5.29. The van der Waals surface area contributed by atoms with Crippen LogP contribution >= 0.6 is 0 Å². The van der Waals surface area contributed by atoms with Crippen molar-refractivity contribution in [1.82, 2.24) is 0 Å². The highest BCUT2D eigenvalue weighted by Crippen LogP contribution is 2.31. The zero-order chi connectivity index (χ0) is 9.97. The van der Waals surface area contributed by atoms with Gasteiger partial charge < -0.3 is 15.6 Å². The lowest BCUT2D eigenvalue weighted by Crippen LogP contribution is -2.13. The maximum absolute atomic E-state index is 9.47. The highest BCUT2D eigenvalue weighted by Gasteiger charge is 2.16. The molecule has 3 nitrogen and oxygen atoms in total. The largest absolute Gasteiger partial charge is 0.506 e. The van der Waals surface area contributed by atoms with Gasteiger partial charge in [0, 0.05) is 13.2 Å². The molecular formula is C11H15NO2. The summed E-state index contributed by atoms with van der Waals surface area (Å²) in [6.07, 6.45) is 2.06. The number of rotatable bonds is 1. The Morgan fingerprint density at radius 1 is 1.29 bits per heavy atom. The fourth-order valence-electron chi connectivity index (χ4n) is 1.85. The van der Waals surface area contributed by atoms with Crippen LogP contribution in [-0.2, 0) is 4.74 Å². The molecular weight excluding hydrogens is 178 g/mol. The topological polar surface area (TPSA) is 55.5 Å². The maximum Gasteiger partial charge on any atom is 0.138 e. The molecule has 1 aromatic carbocycles. The number of aromatic hydroxyl groups is 1. The standard InChI is InChI=1S/C11H15NO2/c12-10-2-1-9(7-11(10)13)8-3-5-14-6-4-8/h1-2,7-8,13H,3-6,12H2. The van der Waals surface area contributed by atoms with Crippen molar-refractivity contribution in [1.29, 1.82) is 0 Å². The van der Waals surface area contributed by atoms with E-state index in [0.717, 1.165) is 26.1 Å². The van der Waals surface area contributed by atoms with E-state index in [9.17, 15) is 5.11 Å². The molecule has 1 saturated heterocycles. The Kier molecular flexibility index (Phi) is 2.59. The molecule has 0 radical (unpaired) electrons. The maximum atomic E-state index is 9.47. The number of phenolic OH excluding ortho intramolecular Hbond substituents is 1. The van der Waals surface area contributed by atoms with Gasteiger partial charge in [0.1, 0.15) is 5.75 Å². The van der Waals surface area contributed by atoms with Gasteiger partial charge >= 0.3 is 0 Å². The molecule has 1 heterocycles. The summed E-state index contributed by atoms with van der Waals surface area (Å²) in [4.78, 5) is 0. The molecule has 76 valence electrons. The van der Waals surface area contributed by atoms with E-state index in [2.05, 4.69) is 0 Å². The van der Waals surface area contributed by atoms with E-state index in [0.29, 0.717) is 11.6 Å². The average molecular weight is 193 g/mol. The normalized spacial score (nSPS) is 18.3. The molecule has 0 spiro atoms. The van der Waals surface area contributed by atoms with Crippen LogP contribution in [0.4, 0.5) is 5.69 Å². The molecule has 3 N–H and O–H groups in total. The van der Waals surface area contributed by atoms with Crippen LogP contribution in [-0.4, -0.2) is 18.3 Å². The summed E-state index contributed by atoms with van der Waals surface area (Å²) in [5.74, 6) is 0.698. The third-order valence-corrected chi connectivity index (χ3v) is 2.75. The highest BCUT2D eigenvalue weighted by atomic mass is 16.5. The van der Waals surface area contributed by atoms with E-state index in [1.807, 2.05) is 6.07 Å². The van der Waals surface area contributed by atoms with E-state index in [1.165, 1.54) is 5.56 Å². The van der Waals surface area contributed by atoms with Crippen LogP contribution in [0.5, 0.6) is 5.75 Å². The smallest absolute Gasteiger partial charge is 0.138 e. The Morgan fingerprint density at radius 3 is 2.64 bits per heavy atom. The Morgan fingerprint density at radius 2 is 2.00 bits per heavy atom. The van der Waals surface area contributed by atoms with Crippen molar-refractivity contribution < 1.29 is 9.84 Å². The lowest BCUT2D eigenvalue weighted by atomic mass is 9.91. The summed E-state index contributed by atoms with van der Waals surface area (Å²) in [6.45, 7) is 1.63. The predicted molar refractivity (Wildman–Crippen MR) is 55.3 cm³/mol. The van der Waals surface area contributed by atoms with Crippen LogP contribution in [0.15, 0.2) is 18.2 Å². The fraction of sp³-hybridized carbons (Fsp3) is 0.455. The van der Waals surface area contributed by atoms with Gasteiger partial charge in [-0.1, -0.05) is 6.07 Å². The predicted octanol–water partition coefficient (Wildman–Crippen LogP) is 1.87. The van der Waals surface area contributed by atoms with Crippen molar-refractivity contribution >= 4 is 5.69 Å². The number of phenols is 1. The summed E-state index contributed by atoms with van der Waals surface area (Å²) in [6, 6.07) is 5.52. The molecule has 0 aliphatic carbocycles. The quantitative estimate of drug-likeness (QED) is 0.528. The third-order valence-electron chi connectivity index (χ3n) is 2.75. The number of benzene rings is 1. The van der Waals surface area contributed by atoms with Crippen molar-refractivity contribution in [2.75, 3.05) is 18.9 Å². The monoisotopic (exact) mass is 193 g/mol. The van der Waals surface area contributed by atoms with Gasteiger partial charge in [0.25, 0.3) is 0 Å². The van der Waals surface area contributed by atoms with E-state index < -0.39 is 0 Å². The zero-order valence-corrected chi connectivity index (χ0v) is 8.07. The molecule has 1 aliphatic rings. The molecule has 0 unspecified atom stereocenters. The molecule has 1 aliphatic heterocycles. The Bertz CT molecular complexity index is 319. The van der Waals surface area contributed by atoms with Crippen LogP contribution < -0.4 is 5.73 Å². The first-order chi connectivity index (χ1) is 6.77. The Balaban J connectivity index is 2.18. The van der Waals surface area contributed by atoms with E-state index in [1.54, 1.807) is 12.1 Å².